The number of amides is 2. The van der Waals surface area contributed by atoms with E-state index in [9.17, 15) is 9.59 Å². The Morgan fingerprint density at radius 2 is 1.67 bits per heavy atom. The fraction of sp³-hybridized carbons (Fsp3) is 0.222. The highest BCUT2D eigenvalue weighted by Crippen LogP contribution is 2.22. The van der Waals surface area contributed by atoms with Gasteiger partial charge in [0.05, 0.1) is 11.3 Å². The zero-order valence-electron chi connectivity index (χ0n) is 13.2. The van der Waals surface area contributed by atoms with E-state index in [0.717, 1.165) is 17.1 Å². The lowest BCUT2D eigenvalue weighted by atomic mass is 10.2. The Hall–Kier alpha value is -1.92. The Morgan fingerprint density at radius 1 is 0.958 bits per heavy atom. The lowest BCUT2D eigenvalue weighted by Crippen LogP contribution is -2.25. The summed E-state index contributed by atoms with van der Waals surface area (Å²) >= 11 is 3.06. The topological polar surface area (TPSA) is 72.2 Å². The van der Waals surface area contributed by atoms with Crippen LogP contribution in [0.25, 0.3) is 0 Å². The zero-order chi connectivity index (χ0) is 17.2. The molecule has 6 heteroatoms. The molecule has 2 aromatic rings. The molecule has 0 saturated carbocycles. The van der Waals surface area contributed by atoms with Gasteiger partial charge in [-0.1, -0.05) is 30.3 Å². The Kier molecular flexibility index (Phi) is 7.71. The largest absolute Gasteiger partial charge is 0.369 e. The number of thioether (sulfide) groups is 2. The third-order valence-electron chi connectivity index (χ3n) is 3.12. The van der Waals surface area contributed by atoms with Crippen molar-refractivity contribution < 1.29 is 9.59 Å². The van der Waals surface area contributed by atoms with Gasteiger partial charge in [-0.05, 0) is 36.4 Å². The fourth-order valence-corrected chi connectivity index (χ4v) is 3.67. The van der Waals surface area contributed by atoms with E-state index in [2.05, 4.69) is 17.4 Å². The maximum absolute atomic E-state index is 12.3. The van der Waals surface area contributed by atoms with Crippen molar-refractivity contribution >= 4 is 35.3 Å². The number of carbonyl (C=O) groups is 2. The molecular formula is C18H20N2O2S2. The number of primary amides is 1. The van der Waals surface area contributed by atoms with Crippen molar-refractivity contribution in [2.45, 2.75) is 16.2 Å². The predicted octanol–water partition coefficient (Wildman–Crippen LogP) is 3.18. The van der Waals surface area contributed by atoms with Gasteiger partial charge >= 0.3 is 0 Å². The van der Waals surface area contributed by atoms with Crippen LogP contribution in [0.15, 0.2) is 64.4 Å². The van der Waals surface area contributed by atoms with Crippen molar-refractivity contribution in [1.29, 1.82) is 0 Å². The molecule has 0 heterocycles. The average molecular weight is 361 g/mol. The summed E-state index contributed by atoms with van der Waals surface area (Å²) in [7, 11) is 0. The smallest absolute Gasteiger partial charge is 0.252 e. The monoisotopic (exact) mass is 360 g/mol. The molecule has 0 aliphatic rings. The second-order valence-corrected chi connectivity index (χ2v) is 7.21. The second kappa shape index (κ2) is 10.1. The van der Waals surface area contributed by atoms with E-state index in [4.69, 9.17) is 5.73 Å². The normalized spacial score (nSPS) is 10.3. The van der Waals surface area contributed by atoms with E-state index in [-0.39, 0.29) is 11.7 Å². The van der Waals surface area contributed by atoms with Crippen molar-refractivity contribution in [3.63, 3.8) is 0 Å². The minimum Gasteiger partial charge on any atom is -0.369 e. The van der Waals surface area contributed by atoms with E-state index in [0.29, 0.717) is 12.1 Å². The Morgan fingerprint density at radius 3 is 2.42 bits per heavy atom. The summed E-state index contributed by atoms with van der Waals surface area (Å²) in [5.74, 6) is 0.598. The number of hydrogen-bond donors (Lipinski definition) is 2. The molecule has 0 unspecified atom stereocenters. The van der Waals surface area contributed by atoms with E-state index in [1.807, 2.05) is 36.4 Å². The van der Waals surface area contributed by atoms with Crippen LogP contribution in [0.3, 0.4) is 0 Å². The van der Waals surface area contributed by atoms with Crippen molar-refractivity contribution in [3.05, 3.63) is 60.2 Å². The summed E-state index contributed by atoms with van der Waals surface area (Å²) in [6, 6.07) is 17.4. The van der Waals surface area contributed by atoms with Gasteiger partial charge in [-0.15, -0.1) is 23.5 Å². The first-order valence-corrected chi connectivity index (χ1v) is 9.60. The Balaban J connectivity index is 1.77. The molecule has 0 spiro atoms. The van der Waals surface area contributed by atoms with Crippen LogP contribution in [0.2, 0.25) is 0 Å². The molecule has 3 N–H and O–H groups in total. The van der Waals surface area contributed by atoms with Crippen LogP contribution in [0.4, 0.5) is 0 Å². The first-order valence-electron chi connectivity index (χ1n) is 7.63. The van der Waals surface area contributed by atoms with Gasteiger partial charge in [-0.3, -0.25) is 9.59 Å². The molecule has 0 saturated heterocycles. The SMILES string of the molecule is NC(=O)CSc1ccccc1C(=O)NCCCSc1ccccc1. The minimum atomic E-state index is -0.395. The highest BCUT2D eigenvalue weighted by molar-refractivity contribution is 8.00. The van der Waals surface area contributed by atoms with Crippen LogP contribution in [-0.2, 0) is 4.79 Å². The first kappa shape index (κ1) is 18.4. The van der Waals surface area contributed by atoms with Gasteiger partial charge in [0.15, 0.2) is 0 Å². The average Bonchev–Trinajstić information content (AvgIpc) is 2.60. The van der Waals surface area contributed by atoms with Crippen LogP contribution in [0.5, 0.6) is 0 Å². The predicted molar refractivity (Wildman–Crippen MR) is 100 cm³/mol. The van der Waals surface area contributed by atoms with E-state index >= 15 is 0 Å². The molecular weight excluding hydrogens is 340 g/mol. The third-order valence-corrected chi connectivity index (χ3v) is 5.31. The van der Waals surface area contributed by atoms with Crippen molar-refractivity contribution in [2.24, 2.45) is 5.73 Å². The second-order valence-electron chi connectivity index (χ2n) is 5.02. The van der Waals surface area contributed by atoms with Crippen LogP contribution < -0.4 is 11.1 Å². The number of hydrogen-bond acceptors (Lipinski definition) is 4. The lowest BCUT2D eigenvalue weighted by molar-refractivity contribution is -0.115. The molecule has 4 nitrogen and oxygen atoms in total. The number of carbonyl (C=O) groups excluding carboxylic acids is 2. The summed E-state index contributed by atoms with van der Waals surface area (Å²) in [5, 5.41) is 2.93. The molecule has 2 rings (SSSR count). The molecule has 2 amide bonds. The highest BCUT2D eigenvalue weighted by Gasteiger charge is 2.11. The van der Waals surface area contributed by atoms with Crippen molar-refractivity contribution in [1.82, 2.24) is 5.32 Å². The van der Waals surface area contributed by atoms with Gasteiger partial charge in [0.2, 0.25) is 5.91 Å². The Bertz CT molecular complexity index is 678. The molecule has 0 aliphatic carbocycles. The van der Waals surface area contributed by atoms with E-state index in [1.165, 1.54) is 16.7 Å². The summed E-state index contributed by atoms with van der Waals surface area (Å²) < 4.78 is 0. The standard InChI is InChI=1S/C18H20N2O2S2/c19-17(21)13-24-16-10-5-4-9-15(16)18(22)20-11-6-12-23-14-7-2-1-3-8-14/h1-5,7-10H,6,11-13H2,(H2,19,21)(H,20,22). The maximum atomic E-state index is 12.3. The van der Waals surface area contributed by atoms with Crippen molar-refractivity contribution in [2.75, 3.05) is 18.1 Å². The van der Waals surface area contributed by atoms with Gasteiger partial charge in [0.1, 0.15) is 0 Å². The fourth-order valence-electron chi connectivity index (χ4n) is 2.01. The maximum Gasteiger partial charge on any atom is 0.252 e. The lowest BCUT2D eigenvalue weighted by Gasteiger charge is -2.09. The first-order chi connectivity index (χ1) is 11.7. The minimum absolute atomic E-state index is 0.118. The molecule has 2 aromatic carbocycles. The number of nitrogens with one attached hydrogen (secondary N) is 1. The van der Waals surface area contributed by atoms with Gasteiger partial charge < -0.3 is 11.1 Å². The van der Waals surface area contributed by atoms with Gasteiger partial charge in [0, 0.05) is 16.3 Å². The number of nitrogens with two attached hydrogens (primary N) is 1. The third kappa shape index (κ3) is 6.29. The Labute approximate surface area is 150 Å². The van der Waals surface area contributed by atoms with Crippen LogP contribution in [0.1, 0.15) is 16.8 Å². The molecule has 0 atom stereocenters. The summed E-state index contributed by atoms with van der Waals surface area (Å²) in [6.45, 7) is 0.619. The summed E-state index contributed by atoms with van der Waals surface area (Å²) in [6.07, 6.45) is 0.891. The van der Waals surface area contributed by atoms with Crippen molar-refractivity contribution in [3.8, 4) is 0 Å². The molecule has 24 heavy (non-hydrogen) atoms. The molecule has 126 valence electrons. The van der Waals surface area contributed by atoms with E-state index < -0.39 is 5.91 Å². The number of benzene rings is 2. The van der Waals surface area contributed by atoms with Crippen LogP contribution in [0, 0.1) is 0 Å². The molecule has 0 aliphatic heterocycles. The van der Waals surface area contributed by atoms with Crippen LogP contribution >= 0.6 is 23.5 Å². The molecule has 0 bridgehead atoms. The quantitative estimate of drug-likeness (QED) is 0.532. The van der Waals surface area contributed by atoms with E-state index in [1.54, 1.807) is 17.8 Å². The summed E-state index contributed by atoms with van der Waals surface area (Å²) in [5.41, 5.74) is 5.75. The molecule has 0 fully saturated rings. The van der Waals surface area contributed by atoms with Crippen LogP contribution in [-0.4, -0.2) is 29.9 Å². The molecule has 0 radical (unpaired) electrons. The summed E-state index contributed by atoms with van der Waals surface area (Å²) in [4.78, 5) is 25.2. The highest BCUT2D eigenvalue weighted by atomic mass is 32.2. The van der Waals surface area contributed by atoms with Gasteiger partial charge in [-0.25, -0.2) is 0 Å². The zero-order valence-corrected chi connectivity index (χ0v) is 14.9. The molecule has 0 aromatic heterocycles. The number of rotatable bonds is 9. The van der Waals surface area contributed by atoms with Gasteiger partial charge in [-0.2, -0.15) is 0 Å². The van der Waals surface area contributed by atoms with Gasteiger partial charge in [0.25, 0.3) is 5.91 Å².